The Bertz CT molecular complexity index is 799. The second-order valence-electron chi connectivity index (χ2n) is 6.73. The number of carbonyl (C=O) groups is 2. The van der Waals surface area contributed by atoms with Gasteiger partial charge in [-0.05, 0) is 25.0 Å². The molecule has 142 valence electrons. The Balaban J connectivity index is 1.21. The van der Waals surface area contributed by atoms with E-state index in [0.717, 1.165) is 11.5 Å². The van der Waals surface area contributed by atoms with Gasteiger partial charge in [0, 0.05) is 37.8 Å². The third-order valence-corrected chi connectivity index (χ3v) is 5.55. The lowest BCUT2D eigenvalue weighted by Gasteiger charge is -2.34. The summed E-state index contributed by atoms with van der Waals surface area (Å²) in [5.74, 6) is 1.83. The van der Waals surface area contributed by atoms with Gasteiger partial charge in [0.25, 0.3) is 0 Å². The van der Waals surface area contributed by atoms with E-state index in [-0.39, 0.29) is 11.9 Å². The van der Waals surface area contributed by atoms with Crippen LogP contribution < -0.4 is 5.32 Å². The molecule has 0 bridgehead atoms. The lowest BCUT2D eigenvalue weighted by atomic mass is 10.3. The van der Waals surface area contributed by atoms with Gasteiger partial charge in [0.15, 0.2) is 0 Å². The van der Waals surface area contributed by atoms with Gasteiger partial charge in [-0.15, -0.1) is 5.10 Å². The van der Waals surface area contributed by atoms with Crippen LogP contribution in [0.5, 0.6) is 0 Å². The molecule has 2 aromatic rings. The quantitative estimate of drug-likeness (QED) is 0.768. The maximum absolute atomic E-state index is 12.4. The topological polar surface area (TPSA) is 94.2 Å². The highest BCUT2D eigenvalue weighted by atomic mass is 32.2. The van der Waals surface area contributed by atoms with E-state index in [9.17, 15) is 9.59 Å². The molecular weight excluding hydrogens is 364 g/mol. The molecule has 0 radical (unpaired) electrons. The molecule has 0 spiro atoms. The summed E-state index contributed by atoms with van der Waals surface area (Å²) in [6.45, 7) is 2.15. The van der Waals surface area contributed by atoms with Crippen molar-refractivity contribution in [1.29, 1.82) is 0 Å². The Hall–Kier alpha value is -2.55. The summed E-state index contributed by atoms with van der Waals surface area (Å²) in [6.07, 6.45) is 2.33. The minimum atomic E-state index is -0.129. The molecule has 1 saturated heterocycles. The van der Waals surface area contributed by atoms with E-state index in [4.69, 9.17) is 0 Å². The van der Waals surface area contributed by atoms with Crippen molar-refractivity contribution in [3.63, 3.8) is 0 Å². The fourth-order valence-electron chi connectivity index (χ4n) is 2.96. The number of piperazine rings is 1. The van der Waals surface area contributed by atoms with Crippen molar-refractivity contribution < 1.29 is 9.59 Å². The third-order valence-electron chi connectivity index (χ3n) is 4.72. The molecule has 2 heterocycles. The highest BCUT2D eigenvalue weighted by Gasteiger charge is 2.28. The summed E-state index contributed by atoms with van der Waals surface area (Å²) in [6, 6.07) is 9.25. The highest BCUT2D eigenvalue weighted by Crippen LogP contribution is 2.38. The number of urea groups is 1. The average molecular weight is 386 g/mol. The van der Waals surface area contributed by atoms with Crippen LogP contribution in [0.25, 0.3) is 0 Å². The average Bonchev–Trinajstić information content (AvgIpc) is 3.45. The maximum atomic E-state index is 12.4. The molecule has 1 aromatic heterocycles. The molecule has 0 unspecified atom stereocenters. The highest BCUT2D eigenvalue weighted by molar-refractivity contribution is 7.99. The molecule has 0 atom stereocenters. The van der Waals surface area contributed by atoms with E-state index in [1.54, 1.807) is 9.80 Å². The summed E-state index contributed by atoms with van der Waals surface area (Å²) in [5, 5.41) is 10.6. The van der Waals surface area contributed by atoms with Crippen molar-refractivity contribution in [2.24, 2.45) is 0 Å². The fraction of sp³-hybridized carbons (Fsp3) is 0.444. The second-order valence-corrected chi connectivity index (χ2v) is 7.67. The van der Waals surface area contributed by atoms with E-state index in [1.807, 2.05) is 30.3 Å². The zero-order valence-corrected chi connectivity index (χ0v) is 15.7. The van der Waals surface area contributed by atoms with Gasteiger partial charge in [0.05, 0.1) is 5.75 Å². The van der Waals surface area contributed by atoms with E-state index >= 15 is 0 Å². The van der Waals surface area contributed by atoms with Crippen molar-refractivity contribution in [1.82, 2.24) is 25.0 Å². The van der Waals surface area contributed by atoms with Gasteiger partial charge in [-0.2, -0.15) is 0 Å². The molecule has 1 aliphatic heterocycles. The van der Waals surface area contributed by atoms with Gasteiger partial charge in [-0.1, -0.05) is 30.0 Å². The number of aromatic nitrogens is 3. The van der Waals surface area contributed by atoms with E-state index < -0.39 is 0 Å². The number of nitrogens with zero attached hydrogens (tertiary/aromatic N) is 4. The summed E-state index contributed by atoms with van der Waals surface area (Å²) < 4.78 is 0. The molecule has 2 fully saturated rings. The minimum Gasteiger partial charge on any atom is -0.338 e. The molecule has 3 amide bonds. The van der Waals surface area contributed by atoms with Crippen molar-refractivity contribution in [3.05, 3.63) is 36.2 Å². The molecule has 1 aliphatic carbocycles. The number of hydrogen-bond acceptors (Lipinski definition) is 5. The largest absolute Gasteiger partial charge is 0.338 e. The van der Waals surface area contributed by atoms with Gasteiger partial charge >= 0.3 is 6.03 Å². The smallest absolute Gasteiger partial charge is 0.321 e. The van der Waals surface area contributed by atoms with Crippen LogP contribution in [0.3, 0.4) is 0 Å². The number of benzene rings is 1. The van der Waals surface area contributed by atoms with Gasteiger partial charge in [-0.3, -0.25) is 9.89 Å². The Labute approximate surface area is 161 Å². The minimum absolute atomic E-state index is 0.0564. The number of thioether (sulfide) groups is 1. The molecule has 1 aromatic carbocycles. The van der Waals surface area contributed by atoms with Crippen LogP contribution in [0.4, 0.5) is 10.5 Å². The van der Waals surface area contributed by atoms with Crippen LogP contribution in [0.15, 0.2) is 35.5 Å². The first kappa shape index (κ1) is 17.8. The SMILES string of the molecule is O=C(CSc1n[nH]c(C2CC2)n1)N1CCN(C(=O)Nc2ccccc2)CC1. The Kier molecular flexibility index (Phi) is 5.28. The number of para-hydroxylation sites is 1. The zero-order valence-electron chi connectivity index (χ0n) is 14.9. The van der Waals surface area contributed by atoms with Gasteiger partial charge in [-0.25, -0.2) is 9.78 Å². The van der Waals surface area contributed by atoms with Gasteiger partial charge < -0.3 is 15.1 Å². The summed E-state index contributed by atoms with van der Waals surface area (Å²) >= 11 is 1.36. The predicted molar refractivity (Wildman–Crippen MR) is 103 cm³/mol. The third kappa shape index (κ3) is 4.60. The summed E-state index contributed by atoms with van der Waals surface area (Å²) in [5.41, 5.74) is 0.773. The first-order valence-corrected chi connectivity index (χ1v) is 10.1. The normalized spacial score (nSPS) is 17.0. The molecule has 9 heteroatoms. The fourth-order valence-corrected chi connectivity index (χ4v) is 3.67. The second kappa shape index (κ2) is 7.99. The maximum Gasteiger partial charge on any atom is 0.321 e. The van der Waals surface area contributed by atoms with Crippen LogP contribution >= 0.6 is 11.8 Å². The summed E-state index contributed by atoms with van der Waals surface area (Å²) in [4.78, 5) is 32.7. The van der Waals surface area contributed by atoms with Crippen LogP contribution in [-0.4, -0.2) is 68.9 Å². The standard InChI is InChI=1S/C18H22N6O2S/c25-15(12-27-17-20-16(21-22-17)13-6-7-13)23-8-10-24(11-9-23)18(26)19-14-4-2-1-3-5-14/h1-5,13H,6-12H2,(H,19,26)(H,20,21,22). The number of nitrogens with one attached hydrogen (secondary N) is 2. The molecule has 4 rings (SSSR count). The van der Waals surface area contributed by atoms with Crippen LogP contribution in [0.1, 0.15) is 24.6 Å². The monoisotopic (exact) mass is 386 g/mol. The first-order chi connectivity index (χ1) is 13.2. The van der Waals surface area contributed by atoms with Crippen LogP contribution in [0, 0.1) is 0 Å². The first-order valence-electron chi connectivity index (χ1n) is 9.13. The van der Waals surface area contributed by atoms with Gasteiger partial charge in [0.2, 0.25) is 11.1 Å². The Morgan fingerprint density at radius 3 is 2.52 bits per heavy atom. The molecule has 1 saturated carbocycles. The zero-order chi connectivity index (χ0) is 18.6. The van der Waals surface area contributed by atoms with Crippen molar-refractivity contribution >= 4 is 29.4 Å². The molecule has 2 aliphatic rings. The molecule has 2 N–H and O–H groups in total. The summed E-state index contributed by atoms with van der Waals surface area (Å²) in [7, 11) is 0. The number of H-pyrrole nitrogens is 1. The molecular formula is C18H22N6O2S. The van der Waals surface area contributed by atoms with E-state index in [2.05, 4.69) is 20.5 Å². The Morgan fingerprint density at radius 2 is 1.81 bits per heavy atom. The van der Waals surface area contributed by atoms with Gasteiger partial charge in [0.1, 0.15) is 5.82 Å². The number of hydrogen-bond donors (Lipinski definition) is 2. The molecule has 8 nitrogen and oxygen atoms in total. The predicted octanol–water partition coefficient (Wildman–Crippen LogP) is 2.15. The van der Waals surface area contributed by atoms with Crippen LogP contribution in [-0.2, 0) is 4.79 Å². The van der Waals surface area contributed by atoms with Crippen molar-refractivity contribution in [3.8, 4) is 0 Å². The Morgan fingerprint density at radius 1 is 1.11 bits per heavy atom. The van der Waals surface area contributed by atoms with Crippen molar-refractivity contribution in [2.75, 3.05) is 37.2 Å². The van der Waals surface area contributed by atoms with E-state index in [1.165, 1.54) is 24.6 Å². The number of carbonyl (C=O) groups excluding carboxylic acids is 2. The lowest BCUT2D eigenvalue weighted by Crippen LogP contribution is -2.52. The number of aromatic amines is 1. The lowest BCUT2D eigenvalue weighted by molar-refractivity contribution is -0.129. The number of rotatable bonds is 5. The number of amides is 3. The molecule has 27 heavy (non-hydrogen) atoms. The van der Waals surface area contributed by atoms with E-state index in [0.29, 0.717) is 43.0 Å². The number of anilines is 1. The van der Waals surface area contributed by atoms with Crippen molar-refractivity contribution in [2.45, 2.75) is 23.9 Å². The van der Waals surface area contributed by atoms with Crippen LogP contribution in [0.2, 0.25) is 0 Å².